The molecule has 2 heteroatoms. The van der Waals surface area contributed by atoms with Crippen molar-refractivity contribution in [1.82, 2.24) is 4.90 Å². The lowest BCUT2D eigenvalue weighted by molar-refractivity contribution is 0.0196. The van der Waals surface area contributed by atoms with Gasteiger partial charge < -0.3 is 4.74 Å². The van der Waals surface area contributed by atoms with Crippen LogP contribution in [0.2, 0.25) is 0 Å². The van der Waals surface area contributed by atoms with E-state index >= 15 is 0 Å². The maximum absolute atomic E-state index is 5.40. The summed E-state index contributed by atoms with van der Waals surface area (Å²) in [6.07, 6.45) is 1.67. The number of hydrogen-bond acceptors (Lipinski definition) is 2. The normalized spacial score (nSPS) is 45.0. The van der Waals surface area contributed by atoms with Crippen LogP contribution in [0.4, 0.5) is 0 Å². The summed E-state index contributed by atoms with van der Waals surface area (Å²) in [6, 6.07) is 0. The standard InChI is InChI=1S/C6H10NO/c1-2-7-3-4-8-6(1)5-7/h2,6H,1,3-5H2. The Morgan fingerprint density at radius 1 is 1.62 bits per heavy atom. The molecule has 0 amide bonds. The summed E-state index contributed by atoms with van der Waals surface area (Å²) >= 11 is 0. The number of fused-ring (bicyclic) bond motifs is 2. The van der Waals surface area contributed by atoms with Crippen LogP contribution in [-0.4, -0.2) is 30.7 Å². The largest absolute Gasteiger partial charge is 0.375 e. The number of nitrogens with zero attached hydrogens (tertiary/aromatic N) is 1. The van der Waals surface area contributed by atoms with Crippen LogP contribution in [0.1, 0.15) is 6.42 Å². The van der Waals surface area contributed by atoms with Gasteiger partial charge in [0.1, 0.15) is 0 Å². The predicted octanol–water partition coefficient (Wildman–Crippen LogP) is 0.253. The SMILES string of the molecule is [CH]1CC2CN1CCO2. The third-order valence-electron chi connectivity index (χ3n) is 1.80. The zero-order valence-corrected chi connectivity index (χ0v) is 4.84. The fourth-order valence-corrected chi connectivity index (χ4v) is 1.32. The van der Waals surface area contributed by atoms with Crippen LogP contribution in [0, 0.1) is 6.54 Å². The number of rotatable bonds is 0. The van der Waals surface area contributed by atoms with E-state index in [0.717, 1.165) is 26.1 Å². The first-order valence-corrected chi connectivity index (χ1v) is 3.14. The van der Waals surface area contributed by atoms with E-state index in [1.54, 1.807) is 0 Å². The van der Waals surface area contributed by atoms with E-state index in [9.17, 15) is 0 Å². The van der Waals surface area contributed by atoms with Crippen LogP contribution in [-0.2, 0) is 4.74 Å². The van der Waals surface area contributed by atoms with Gasteiger partial charge in [-0.3, -0.25) is 4.90 Å². The van der Waals surface area contributed by atoms with Gasteiger partial charge in [-0.1, -0.05) is 0 Å². The number of hydrogen-bond donors (Lipinski definition) is 0. The molecule has 2 nitrogen and oxygen atoms in total. The fraction of sp³-hybridized carbons (Fsp3) is 0.833. The lowest BCUT2D eigenvalue weighted by Gasteiger charge is -2.21. The molecule has 2 heterocycles. The molecular formula is C6H10NO. The molecule has 0 N–H and O–H groups in total. The molecule has 2 unspecified atom stereocenters. The van der Waals surface area contributed by atoms with E-state index in [-0.39, 0.29) is 0 Å². The quantitative estimate of drug-likeness (QED) is 0.445. The van der Waals surface area contributed by atoms with Crippen LogP contribution >= 0.6 is 0 Å². The molecule has 2 atom stereocenters. The molecule has 1 radical (unpaired) electrons. The Bertz CT molecular complexity index is 80.5. The van der Waals surface area contributed by atoms with Gasteiger partial charge in [0.2, 0.25) is 0 Å². The number of morpholine rings is 1. The van der Waals surface area contributed by atoms with Crippen molar-refractivity contribution in [3.8, 4) is 0 Å². The van der Waals surface area contributed by atoms with E-state index < -0.39 is 0 Å². The fourth-order valence-electron chi connectivity index (χ4n) is 1.32. The Labute approximate surface area is 49.4 Å². The van der Waals surface area contributed by atoms with Crippen molar-refractivity contribution in [1.29, 1.82) is 0 Å². The first kappa shape index (κ1) is 4.77. The molecular weight excluding hydrogens is 102 g/mol. The second-order valence-corrected chi connectivity index (χ2v) is 2.41. The third-order valence-corrected chi connectivity index (χ3v) is 1.80. The van der Waals surface area contributed by atoms with Gasteiger partial charge in [-0.15, -0.1) is 0 Å². The Morgan fingerprint density at radius 2 is 2.62 bits per heavy atom. The van der Waals surface area contributed by atoms with Gasteiger partial charge in [0.25, 0.3) is 0 Å². The molecule has 0 saturated carbocycles. The van der Waals surface area contributed by atoms with Crippen molar-refractivity contribution in [2.45, 2.75) is 12.5 Å². The summed E-state index contributed by atoms with van der Waals surface area (Å²) in [5, 5.41) is 0. The highest BCUT2D eigenvalue weighted by Gasteiger charge is 2.26. The van der Waals surface area contributed by atoms with Crippen molar-refractivity contribution in [2.24, 2.45) is 0 Å². The van der Waals surface area contributed by atoms with Crippen LogP contribution in [0.3, 0.4) is 0 Å². The molecule has 45 valence electrons. The molecule has 0 aliphatic carbocycles. The molecule has 2 aliphatic heterocycles. The van der Waals surface area contributed by atoms with Gasteiger partial charge in [0.15, 0.2) is 0 Å². The van der Waals surface area contributed by atoms with Crippen LogP contribution in [0.5, 0.6) is 0 Å². The average molecular weight is 112 g/mol. The number of ether oxygens (including phenoxy) is 1. The van der Waals surface area contributed by atoms with Crippen molar-refractivity contribution in [2.75, 3.05) is 19.7 Å². The van der Waals surface area contributed by atoms with Crippen molar-refractivity contribution >= 4 is 0 Å². The van der Waals surface area contributed by atoms with Gasteiger partial charge in [-0.05, 0) is 6.42 Å². The Balaban J connectivity index is 2.03. The zero-order valence-electron chi connectivity index (χ0n) is 4.84. The molecule has 8 heavy (non-hydrogen) atoms. The lowest BCUT2D eigenvalue weighted by Crippen LogP contribution is -2.32. The molecule has 2 saturated heterocycles. The van der Waals surface area contributed by atoms with E-state index in [4.69, 9.17) is 4.74 Å². The maximum atomic E-state index is 5.40. The molecule has 2 aliphatic rings. The first-order chi connectivity index (χ1) is 3.95. The highest BCUT2D eigenvalue weighted by atomic mass is 16.5. The predicted molar refractivity (Wildman–Crippen MR) is 30.2 cm³/mol. The second-order valence-electron chi connectivity index (χ2n) is 2.41. The summed E-state index contributed by atoms with van der Waals surface area (Å²) in [5.74, 6) is 0. The minimum atomic E-state index is 0.531. The van der Waals surface area contributed by atoms with Crippen molar-refractivity contribution < 1.29 is 4.74 Å². The summed E-state index contributed by atoms with van der Waals surface area (Å²) in [6.45, 7) is 5.43. The Hall–Kier alpha value is -0.0800. The Kier molecular flexibility index (Phi) is 1.02. The maximum Gasteiger partial charge on any atom is 0.0718 e. The molecule has 0 aromatic heterocycles. The van der Waals surface area contributed by atoms with E-state index in [0.29, 0.717) is 6.10 Å². The second kappa shape index (κ2) is 1.71. The highest BCUT2D eigenvalue weighted by Crippen LogP contribution is 2.19. The summed E-state index contributed by atoms with van der Waals surface area (Å²) < 4.78 is 5.40. The summed E-state index contributed by atoms with van der Waals surface area (Å²) in [4.78, 5) is 2.34. The average Bonchev–Trinajstić information content (AvgIpc) is 2.12. The minimum Gasteiger partial charge on any atom is -0.375 e. The molecule has 0 spiro atoms. The molecule has 0 aromatic carbocycles. The van der Waals surface area contributed by atoms with Gasteiger partial charge in [0, 0.05) is 19.6 Å². The van der Waals surface area contributed by atoms with Crippen molar-refractivity contribution in [3.05, 3.63) is 6.54 Å². The van der Waals surface area contributed by atoms with Gasteiger partial charge in [-0.25, -0.2) is 0 Å². The van der Waals surface area contributed by atoms with Gasteiger partial charge >= 0.3 is 0 Å². The summed E-state index contributed by atoms with van der Waals surface area (Å²) in [7, 11) is 0. The molecule has 2 fully saturated rings. The smallest absolute Gasteiger partial charge is 0.0718 e. The van der Waals surface area contributed by atoms with Gasteiger partial charge in [-0.2, -0.15) is 0 Å². The monoisotopic (exact) mass is 112 g/mol. The zero-order chi connectivity index (χ0) is 5.40. The van der Waals surface area contributed by atoms with E-state index in [1.807, 2.05) is 0 Å². The van der Waals surface area contributed by atoms with Crippen LogP contribution in [0.25, 0.3) is 0 Å². The first-order valence-electron chi connectivity index (χ1n) is 3.14. The lowest BCUT2D eigenvalue weighted by atomic mass is 10.3. The van der Waals surface area contributed by atoms with E-state index in [2.05, 4.69) is 11.4 Å². The molecule has 0 aromatic rings. The molecule has 2 rings (SSSR count). The molecule has 2 bridgehead atoms. The topological polar surface area (TPSA) is 12.5 Å². The van der Waals surface area contributed by atoms with E-state index in [1.165, 1.54) is 0 Å². The van der Waals surface area contributed by atoms with Gasteiger partial charge in [0.05, 0.1) is 12.7 Å². The third kappa shape index (κ3) is 0.644. The minimum absolute atomic E-state index is 0.531. The Morgan fingerprint density at radius 3 is 3.38 bits per heavy atom. The van der Waals surface area contributed by atoms with Crippen LogP contribution < -0.4 is 0 Å². The highest BCUT2D eigenvalue weighted by molar-refractivity contribution is 4.87. The van der Waals surface area contributed by atoms with Crippen molar-refractivity contribution in [3.63, 3.8) is 0 Å². The van der Waals surface area contributed by atoms with Crippen LogP contribution in [0.15, 0.2) is 0 Å². The summed E-state index contributed by atoms with van der Waals surface area (Å²) in [5.41, 5.74) is 0.